The Morgan fingerprint density at radius 1 is 1.18 bits per heavy atom. The zero-order chi connectivity index (χ0) is 12.9. The summed E-state index contributed by atoms with van der Waals surface area (Å²) < 4.78 is 48.6. The highest BCUT2D eigenvalue weighted by atomic mass is 19.4. The molecule has 4 nitrogen and oxygen atoms in total. The molecule has 1 rings (SSSR count). The summed E-state index contributed by atoms with van der Waals surface area (Å²) in [6.45, 7) is -0.846. The van der Waals surface area contributed by atoms with Gasteiger partial charge < -0.3 is 15.2 Å². The molecule has 0 saturated carbocycles. The lowest BCUT2D eigenvalue weighted by molar-refractivity contribution is -0.325. The van der Waals surface area contributed by atoms with E-state index in [2.05, 4.69) is 4.74 Å². The van der Waals surface area contributed by atoms with Gasteiger partial charge in [-0.3, -0.25) is 4.74 Å². The number of benzene rings is 1. The van der Waals surface area contributed by atoms with E-state index in [0.717, 1.165) is 0 Å². The Morgan fingerprint density at radius 3 is 2.47 bits per heavy atom. The third kappa shape index (κ3) is 4.81. The molecule has 0 aliphatic carbocycles. The van der Waals surface area contributed by atoms with Crippen LogP contribution in [0.4, 0.5) is 18.9 Å². The average Bonchev–Trinajstić information content (AvgIpc) is 2.23. The van der Waals surface area contributed by atoms with Crippen molar-refractivity contribution in [3.8, 4) is 11.5 Å². The van der Waals surface area contributed by atoms with Crippen molar-refractivity contribution in [2.75, 3.05) is 26.1 Å². The van der Waals surface area contributed by atoms with Crippen molar-refractivity contribution >= 4 is 5.69 Å². The van der Waals surface area contributed by atoms with Crippen molar-refractivity contribution in [2.24, 2.45) is 0 Å². The predicted molar refractivity (Wildman–Crippen MR) is 54.9 cm³/mol. The Kier molecular flexibility index (Phi) is 4.45. The third-order valence-electron chi connectivity index (χ3n) is 1.79. The monoisotopic (exact) mass is 251 g/mol. The van der Waals surface area contributed by atoms with Crippen LogP contribution < -0.4 is 15.2 Å². The second kappa shape index (κ2) is 5.62. The van der Waals surface area contributed by atoms with E-state index in [0.29, 0.717) is 11.4 Å². The van der Waals surface area contributed by atoms with Gasteiger partial charge in [0, 0.05) is 11.8 Å². The minimum atomic E-state index is -4.65. The van der Waals surface area contributed by atoms with Crippen molar-refractivity contribution in [1.82, 2.24) is 0 Å². The van der Waals surface area contributed by atoms with Crippen LogP contribution >= 0.6 is 0 Å². The molecule has 1 aromatic carbocycles. The topological polar surface area (TPSA) is 53.7 Å². The van der Waals surface area contributed by atoms with Gasteiger partial charge in [-0.15, -0.1) is 13.2 Å². The van der Waals surface area contributed by atoms with Crippen molar-refractivity contribution in [3.63, 3.8) is 0 Å². The molecule has 1 aromatic rings. The Labute approximate surface area is 96.1 Å². The van der Waals surface area contributed by atoms with Crippen LogP contribution in [-0.2, 0) is 4.74 Å². The van der Waals surface area contributed by atoms with Gasteiger partial charge in [0.1, 0.15) is 6.61 Å². The molecular weight excluding hydrogens is 239 g/mol. The summed E-state index contributed by atoms with van der Waals surface area (Å²) in [5.41, 5.74) is 5.94. The maximum atomic E-state index is 11.7. The van der Waals surface area contributed by atoms with Crippen LogP contribution in [0.3, 0.4) is 0 Å². The number of anilines is 1. The molecule has 0 aromatic heterocycles. The summed E-state index contributed by atoms with van der Waals surface area (Å²) in [5, 5.41) is 0. The zero-order valence-electron chi connectivity index (χ0n) is 9.08. The van der Waals surface area contributed by atoms with Crippen molar-refractivity contribution < 1.29 is 27.4 Å². The molecule has 0 fully saturated rings. The fourth-order valence-corrected chi connectivity index (χ4v) is 1.12. The normalized spacial score (nSPS) is 11.3. The highest BCUT2D eigenvalue weighted by Gasteiger charge is 2.28. The lowest BCUT2D eigenvalue weighted by atomic mass is 10.3. The first-order valence-electron chi connectivity index (χ1n) is 4.69. The number of nitrogens with two attached hydrogens (primary N) is 1. The second-order valence-electron chi connectivity index (χ2n) is 3.05. The van der Waals surface area contributed by atoms with Gasteiger partial charge in [0.2, 0.25) is 0 Å². The maximum Gasteiger partial charge on any atom is 0.522 e. The van der Waals surface area contributed by atoms with Gasteiger partial charge in [0.25, 0.3) is 0 Å². The van der Waals surface area contributed by atoms with Gasteiger partial charge in [-0.05, 0) is 12.1 Å². The standard InChI is InChI=1S/C10H12F3NO3/c1-15-8-3-2-7(14)6-9(8)16-4-5-17-10(11,12)13/h2-3,6H,4-5,14H2,1H3. The largest absolute Gasteiger partial charge is 0.522 e. The molecule has 2 N–H and O–H groups in total. The SMILES string of the molecule is COc1ccc(N)cc1OCCOC(F)(F)F. The highest BCUT2D eigenvalue weighted by Crippen LogP contribution is 2.29. The van der Waals surface area contributed by atoms with Gasteiger partial charge in [-0.2, -0.15) is 0 Å². The third-order valence-corrected chi connectivity index (χ3v) is 1.79. The second-order valence-corrected chi connectivity index (χ2v) is 3.05. The van der Waals surface area contributed by atoms with E-state index in [1.165, 1.54) is 13.2 Å². The summed E-state index contributed by atoms with van der Waals surface area (Å²) in [5.74, 6) is 0.671. The molecule has 0 amide bonds. The molecule has 0 atom stereocenters. The maximum absolute atomic E-state index is 11.7. The molecule has 17 heavy (non-hydrogen) atoms. The molecule has 0 unspecified atom stereocenters. The van der Waals surface area contributed by atoms with Crippen molar-refractivity contribution in [2.45, 2.75) is 6.36 Å². The van der Waals surface area contributed by atoms with E-state index in [4.69, 9.17) is 15.2 Å². The van der Waals surface area contributed by atoms with Crippen molar-refractivity contribution in [1.29, 1.82) is 0 Å². The average molecular weight is 251 g/mol. The van der Waals surface area contributed by atoms with E-state index < -0.39 is 13.0 Å². The Morgan fingerprint density at radius 2 is 1.88 bits per heavy atom. The first-order chi connectivity index (χ1) is 7.92. The van der Waals surface area contributed by atoms with Gasteiger partial charge in [0.05, 0.1) is 13.7 Å². The summed E-state index contributed by atoms with van der Waals surface area (Å²) in [6.07, 6.45) is -4.65. The summed E-state index contributed by atoms with van der Waals surface area (Å²) in [6, 6.07) is 4.62. The Hall–Kier alpha value is -1.63. The van der Waals surface area contributed by atoms with Crippen LogP contribution in [0.5, 0.6) is 11.5 Å². The lowest BCUT2D eigenvalue weighted by Crippen LogP contribution is -2.18. The zero-order valence-corrected chi connectivity index (χ0v) is 9.08. The highest BCUT2D eigenvalue weighted by molar-refractivity contribution is 5.51. The van der Waals surface area contributed by atoms with Crippen LogP contribution in [0.25, 0.3) is 0 Å². The fourth-order valence-electron chi connectivity index (χ4n) is 1.12. The van der Waals surface area contributed by atoms with Crippen molar-refractivity contribution in [3.05, 3.63) is 18.2 Å². The Bertz CT molecular complexity index is 368. The number of hydrogen-bond donors (Lipinski definition) is 1. The van der Waals surface area contributed by atoms with E-state index in [1.54, 1.807) is 12.1 Å². The molecule has 0 saturated heterocycles. The quantitative estimate of drug-likeness (QED) is 0.643. The van der Waals surface area contributed by atoms with E-state index in [9.17, 15) is 13.2 Å². The van der Waals surface area contributed by atoms with Gasteiger partial charge >= 0.3 is 6.36 Å². The fraction of sp³-hybridized carbons (Fsp3) is 0.400. The van der Waals surface area contributed by atoms with E-state index >= 15 is 0 Å². The number of nitrogen functional groups attached to an aromatic ring is 1. The lowest BCUT2D eigenvalue weighted by Gasteiger charge is -2.12. The number of rotatable bonds is 5. The molecule has 0 bridgehead atoms. The first kappa shape index (κ1) is 13.4. The Balaban J connectivity index is 2.48. The summed E-state index contributed by atoms with van der Waals surface area (Å²) in [4.78, 5) is 0. The van der Waals surface area contributed by atoms with Gasteiger partial charge in [-0.25, -0.2) is 0 Å². The molecule has 0 aliphatic heterocycles. The number of alkyl halides is 3. The molecule has 0 radical (unpaired) electrons. The smallest absolute Gasteiger partial charge is 0.493 e. The van der Waals surface area contributed by atoms with Gasteiger partial charge in [-0.1, -0.05) is 0 Å². The van der Waals surface area contributed by atoms with E-state index in [-0.39, 0.29) is 12.4 Å². The van der Waals surface area contributed by atoms with E-state index in [1.807, 2.05) is 0 Å². The predicted octanol–water partition coefficient (Wildman–Crippen LogP) is 2.19. The minimum absolute atomic E-state index is 0.251. The first-order valence-corrected chi connectivity index (χ1v) is 4.69. The van der Waals surface area contributed by atoms with Crippen LogP contribution in [0.1, 0.15) is 0 Å². The molecule has 0 spiro atoms. The summed E-state index contributed by atoms with van der Waals surface area (Å²) in [7, 11) is 1.42. The molecule has 0 aliphatic rings. The molecule has 7 heteroatoms. The van der Waals surface area contributed by atoms with Crippen LogP contribution in [-0.4, -0.2) is 26.7 Å². The van der Waals surface area contributed by atoms with Gasteiger partial charge in [0.15, 0.2) is 11.5 Å². The number of methoxy groups -OCH3 is 1. The number of hydrogen-bond acceptors (Lipinski definition) is 4. The number of ether oxygens (including phenoxy) is 3. The molecule has 0 heterocycles. The van der Waals surface area contributed by atoms with Crippen LogP contribution in [0.15, 0.2) is 18.2 Å². The summed E-state index contributed by atoms with van der Waals surface area (Å²) >= 11 is 0. The number of halogens is 3. The molecular formula is C10H12F3NO3. The minimum Gasteiger partial charge on any atom is -0.493 e. The van der Waals surface area contributed by atoms with Crippen LogP contribution in [0.2, 0.25) is 0 Å². The van der Waals surface area contributed by atoms with Crippen LogP contribution in [0, 0.1) is 0 Å². The molecule has 96 valence electrons.